The predicted molar refractivity (Wildman–Crippen MR) is 75.4 cm³/mol. The van der Waals surface area contributed by atoms with Crippen molar-refractivity contribution < 1.29 is 23.7 Å². The van der Waals surface area contributed by atoms with E-state index in [0.717, 1.165) is 25.7 Å². The lowest BCUT2D eigenvalue weighted by molar-refractivity contribution is -0.161. The number of carbonyl (C=O) groups excluding carboxylic acids is 1. The van der Waals surface area contributed by atoms with E-state index < -0.39 is 5.60 Å². The molecule has 0 unspecified atom stereocenters. The molecular weight excluding hydrogens is 260 g/mol. The summed E-state index contributed by atoms with van der Waals surface area (Å²) in [5.74, 6) is 0.147. The van der Waals surface area contributed by atoms with E-state index in [4.69, 9.17) is 18.9 Å². The molecule has 1 fully saturated rings. The first-order chi connectivity index (χ1) is 9.40. The van der Waals surface area contributed by atoms with Crippen LogP contribution in [0.15, 0.2) is 0 Å². The van der Waals surface area contributed by atoms with Crippen molar-refractivity contribution in [3.63, 3.8) is 0 Å². The number of rotatable bonds is 7. The lowest BCUT2D eigenvalue weighted by atomic mass is 9.88. The lowest BCUT2D eigenvalue weighted by Crippen LogP contribution is -2.29. The molecule has 0 aliphatic heterocycles. The van der Waals surface area contributed by atoms with Crippen molar-refractivity contribution >= 4 is 5.97 Å². The van der Waals surface area contributed by atoms with Crippen molar-refractivity contribution in [1.82, 2.24) is 0 Å². The quantitative estimate of drug-likeness (QED) is 0.532. The third kappa shape index (κ3) is 7.82. The highest BCUT2D eigenvalue weighted by Gasteiger charge is 2.23. The van der Waals surface area contributed by atoms with Crippen LogP contribution in [-0.2, 0) is 23.7 Å². The smallest absolute Gasteiger partial charge is 0.332 e. The van der Waals surface area contributed by atoms with Gasteiger partial charge in [-0.2, -0.15) is 0 Å². The summed E-state index contributed by atoms with van der Waals surface area (Å²) in [7, 11) is 1.63. The van der Waals surface area contributed by atoms with Gasteiger partial charge < -0.3 is 18.9 Å². The first-order valence-electron chi connectivity index (χ1n) is 7.31. The Morgan fingerprint density at radius 3 is 2.65 bits per heavy atom. The molecule has 0 amide bonds. The van der Waals surface area contributed by atoms with E-state index >= 15 is 0 Å². The molecule has 0 N–H and O–H groups in total. The minimum Gasteiger partial charge on any atom is -0.458 e. The molecule has 118 valence electrons. The SMILES string of the molecule is COCO[C@@H]1CCC[C@H](COCC(=O)OC(C)(C)C)C1. The second kappa shape index (κ2) is 8.60. The van der Waals surface area contributed by atoms with Gasteiger partial charge >= 0.3 is 5.97 Å². The van der Waals surface area contributed by atoms with E-state index in [1.807, 2.05) is 20.8 Å². The Balaban J connectivity index is 2.16. The van der Waals surface area contributed by atoms with Crippen LogP contribution in [0.1, 0.15) is 46.5 Å². The average molecular weight is 288 g/mol. The summed E-state index contributed by atoms with van der Waals surface area (Å²) in [6, 6.07) is 0. The third-order valence-electron chi connectivity index (χ3n) is 3.15. The highest BCUT2D eigenvalue weighted by atomic mass is 16.7. The second-order valence-corrected chi connectivity index (χ2v) is 6.33. The Kier molecular flexibility index (Phi) is 7.48. The van der Waals surface area contributed by atoms with Crippen LogP contribution in [0, 0.1) is 5.92 Å². The van der Waals surface area contributed by atoms with E-state index in [9.17, 15) is 4.79 Å². The summed E-state index contributed by atoms with van der Waals surface area (Å²) < 4.78 is 21.2. The molecule has 0 bridgehead atoms. The summed E-state index contributed by atoms with van der Waals surface area (Å²) in [6.07, 6.45) is 4.55. The van der Waals surface area contributed by atoms with E-state index in [1.54, 1.807) is 7.11 Å². The van der Waals surface area contributed by atoms with E-state index in [-0.39, 0.29) is 18.7 Å². The first kappa shape index (κ1) is 17.4. The largest absolute Gasteiger partial charge is 0.458 e. The first-order valence-corrected chi connectivity index (χ1v) is 7.31. The average Bonchev–Trinajstić information content (AvgIpc) is 2.34. The molecule has 0 spiro atoms. The van der Waals surface area contributed by atoms with Crippen molar-refractivity contribution in [3.05, 3.63) is 0 Å². The lowest BCUT2D eigenvalue weighted by Gasteiger charge is -2.28. The zero-order valence-corrected chi connectivity index (χ0v) is 13.1. The van der Waals surface area contributed by atoms with Gasteiger partial charge in [0, 0.05) is 7.11 Å². The van der Waals surface area contributed by atoms with Crippen LogP contribution >= 0.6 is 0 Å². The fraction of sp³-hybridized carbons (Fsp3) is 0.933. The van der Waals surface area contributed by atoms with E-state index in [2.05, 4.69) is 0 Å². The Morgan fingerprint density at radius 2 is 2.00 bits per heavy atom. The maximum absolute atomic E-state index is 11.5. The molecule has 20 heavy (non-hydrogen) atoms. The standard InChI is InChI=1S/C15H28O5/c1-15(2,3)20-14(16)10-18-9-12-6-5-7-13(8-12)19-11-17-4/h12-13H,5-11H2,1-4H3/t12-,13+/m0/s1. The molecule has 0 saturated heterocycles. The number of hydrogen-bond acceptors (Lipinski definition) is 5. The van der Waals surface area contributed by atoms with Crippen LogP contribution in [0.2, 0.25) is 0 Å². The van der Waals surface area contributed by atoms with E-state index in [1.165, 1.54) is 0 Å². The topological polar surface area (TPSA) is 54.0 Å². The minimum atomic E-state index is -0.454. The minimum absolute atomic E-state index is 0.0252. The maximum atomic E-state index is 11.5. The normalized spacial score (nSPS) is 23.6. The zero-order chi connectivity index (χ0) is 15.0. The summed E-state index contributed by atoms with van der Waals surface area (Å²) in [6.45, 7) is 6.51. The Bertz CT molecular complexity index is 284. The van der Waals surface area contributed by atoms with Crippen LogP contribution in [0.25, 0.3) is 0 Å². The zero-order valence-electron chi connectivity index (χ0n) is 13.1. The molecule has 0 aromatic rings. The van der Waals surface area contributed by atoms with Crippen molar-refractivity contribution in [3.8, 4) is 0 Å². The van der Waals surface area contributed by atoms with Gasteiger partial charge in [-0.3, -0.25) is 0 Å². The molecular formula is C15H28O5. The summed E-state index contributed by atoms with van der Waals surface area (Å²) in [5, 5.41) is 0. The van der Waals surface area contributed by atoms with Crippen molar-refractivity contribution in [1.29, 1.82) is 0 Å². The van der Waals surface area contributed by atoms with Gasteiger partial charge in [0.25, 0.3) is 0 Å². The van der Waals surface area contributed by atoms with Crippen LogP contribution < -0.4 is 0 Å². The van der Waals surface area contributed by atoms with Crippen LogP contribution in [-0.4, -0.2) is 44.8 Å². The number of carbonyl (C=O) groups is 1. The number of hydrogen-bond donors (Lipinski definition) is 0. The van der Waals surface area contributed by atoms with Crippen LogP contribution in [0.3, 0.4) is 0 Å². The molecule has 0 heterocycles. The van der Waals surface area contributed by atoms with Gasteiger partial charge in [0.2, 0.25) is 0 Å². The number of ether oxygens (including phenoxy) is 4. The van der Waals surface area contributed by atoms with Crippen LogP contribution in [0.4, 0.5) is 0 Å². The van der Waals surface area contributed by atoms with Gasteiger partial charge in [-0.15, -0.1) is 0 Å². The van der Waals surface area contributed by atoms with Gasteiger partial charge in [0.1, 0.15) is 19.0 Å². The Hall–Kier alpha value is -0.650. The molecule has 1 rings (SSSR count). The van der Waals surface area contributed by atoms with Crippen molar-refractivity contribution in [2.75, 3.05) is 27.1 Å². The monoisotopic (exact) mass is 288 g/mol. The highest BCUT2D eigenvalue weighted by molar-refractivity contribution is 5.71. The maximum Gasteiger partial charge on any atom is 0.332 e. The summed E-state index contributed by atoms with van der Waals surface area (Å²) in [4.78, 5) is 11.5. The Labute approximate surface area is 121 Å². The van der Waals surface area contributed by atoms with Crippen molar-refractivity contribution in [2.24, 2.45) is 5.92 Å². The molecule has 1 aliphatic carbocycles. The van der Waals surface area contributed by atoms with Gasteiger partial charge in [-0.25, -0.2) is 4.79 Å². The molecule has 1 saturated carbocycles. The number of esters is 1. The molecule has 5 heteroatoms. The van der Waals surface area contributed by atoms with Crippen LogP contribution in [0.5, 0.6) is 0 Å². The highest BCUT2D eigenvalue weighted by Crippen LogP contribution is 2.26. The summed E-state index contributed by atoms with van der Waals surface area (Å²) in [5.41, 5.74) is -0.454. The predicted octanol–water partition coefficient (Wildman–Crippen LogP) is 2.52. The fourth-order valence-electron chi connectivity index (χ4n) is 2.39. The Morgan fingerprint density at radius 1 is 1.25 bits per heavy atom. The van der Waals surface area contributed by atoms with Gasteiger partial charge in [-0.1, -0.05) is 6.42 Å². The molecule has 2 atom stereocenters. The molecule has 0 radical (unpaired) electrons. The molecule has 0 aromatic heterocycles. The molecule has 0 aromatic carbocycles. The molecule has 1 aliphatic rings. The fourth-order valence-corrected chi connectivity index (χ4v) is 2.39. The molecule has 5 nitrogen and oxygen atoms in total. The van der Waals surface area contributed by atoms with Gasteiger partial charge in [-0.05, 0) is 46.0 Å². The van der Waals surface area contributed by atoms with E-state index in [0.29, 0.717) is 19.3 Å². The van der Waals surface area contributed by atoms with Gasteiger partial charge in [0.15, 0.2) is 0 Å². The van der Waals surface area contributed by atoms with Crippen molar-refractivity contribution in [2.45, 2.75) is 58.2 Å². The van der Waals surface area contributed by atoms with Gasteiger partial charge in [0.05, 0.1) is 12.7 Å². The third-order valence-corrected chi connectivity index (χ3v) is 3.15. The number of methoxy groups -OCH3 is 1. The summed E-state index contributed by atoms with van der Waals surface area (Å²) >= 11 is 0. The second-order valence-electron chi connectivity index (χ2n) is 6.33.